The zero-order valence-corrected chi connectivity index (χ0v) is 18.1. The molecular weight excluding hydrogens is 364 g/mol. The zero-order valence-electron chi connectivity index (χ0n) is 18.1. The molecule has 2 aliphatic rings. The number of hydrogen-bond acceptors (Lipinski definition) is 6. The highest BCUT2D eigenvalue weighted by Crippen LogP contribution is 2.28. The van der Waals surface area contributed by atoms with Gasteiger partial charge >= 0.3 is 5.97 Å². The number of anilines is 1. The van der Waals surface area contributed by atoms with E-state index in [9.17, 15) is 4.79 Å². The quantitative estimate of drug-likeness (QED) is 0.740. The molecule has 0 spiro atoms. The first-order valence-electron chi connectivity index (χ1n) is 10.8. The number of hydrogen-bond donors (Lipinski definition) is 0. The number of fused-ring (bicyclic) bond motifs is 1. The van der Waals surface area contributed by atoms with Crippen molar-refractivity contribution in [3.63, 3.8) is 0 Å². The lowest BCUT2D eigenvalue weighted by Gasteiger charge is -2.43. The number of esters is 1. The van der Waals surface area contributed by atoms with Gasteiger partial charge in [0.25, 0.3) is 0 Å². The maximum atomic E-state index is 12.2. The van der Waals surface area contributed by atoms with Gasteiger partial charge < -0.3 is 9.64 Å². The lowest BCUT2D eigenvalue weighted by molar-refractivity contribution is -0.149. The fourth-order valence-corrected chi connectivity index (χ4v) is 4.85. The van der Waals surface area contributed by atoms with Crippen LogP contribution < -0.4 is 4.90 Å². The smallest absolute Gasteiger partial charge is 0.323 e. The van der Waals surface area contributed by atoms with E-state index in [1.807, 2.05) is 0 Å². The first kappa shape index (κ1) is 20.1. The van der Waals surface area contributed by atoms with Crippen LogP contribution in [0.3, 0.4) is 0 Å². The summed E-state index contributed by atoms with van der Waals surface area (Å²) >= 11 is 0. The van der Waals surface area contributed by atoms with Gasteiger partial charge in [0, 0.05) is 24.5 Å². The van der Waals surface area contributed by atoms with Gasteiger partial charge in [-0.15, -0.1) is 0 Å². The second-order valence-corrected chi connectivity index (χ2v) is 8.55. The normalized spacial score (nSPS) is 21.5. The van der Waals surface area contributed by atoms with Crippen LogP contribution >= 0.6 is 0 Å². The van der Waals surface area contributed by atoms with E-state index < -0.39 is 0 Å². The molecule has 1 atom stereocenters. The van der Waals surface area contributed by atoms with E-state index in [0.717, 1.165) is 67.9 Å². The van der Waals surface area contributed by atoms with Crippen LogP contribution in [0.4, 0.5) is 5.95 Å². The Morgan fingerprint density at radius 1 is 1.00 bits per heavy atom. The van der Waals surface area contributed by atoms with E-state index in [-0.39, 0.29) is 12.0 Å². The van der Waals surface area contributed by atoms with Gasteiger partial charge in [-0.3, -0.25) is 9.69 Å². The molecule has 0 N–H and O–H groups in total. The minimum absolute atomic E-state index is 0.0734. The molecular formula is C23H32N4O2. The third-order valence-electron chi connectivity index (χ3n) is 6.72. The van der Waals surface area contributed by atoms with Crippen LogP contribution in [0, 0.1) is 20.8 Å². The lowest BCUT2D eigenvalue weighted by Crippen LogP contribution is -2.54. The highest BCUT2D eigenvalue weighted by Gasteiger charge is 2.36. The molecule has 3 heterocycles. The summed E-state index contributed by atoms with van der Waals surface area (Å²) in [5, 5.41) is 1.14. The number of benzene rings is 1. The molecule has 29 heavy (non-hydrogen) atoms. The molecule has 1 unspecified atom stereocenters. The van der Waals surface area contributed by atoms with Crippen molar-refractivity contribution in [3.8, 4) is 0 Å². The highest BCUT2D eigenvalue weighted by atomic mass is 16.5. The topological polar surface area (TPSA) is 58.6 Å². The molecule has 2 saturated heterocycles. The average Bonchev–Trinajstić information content (AvgIpc) is 2.74. The molecule has 156 valence electrons. The molecule has 6 heteroatoms. The van der Waals surface area contributed by atoms with Crippen molar-refractivity contribution in [2.24, 2.45) is 0 Å². The van der Waals surface area contributed by atoms with Crippen LogP contribution in [0.15, 0.2) is 12.1 Å². The van der Waals surface area contributed by atoms with Gasteiger partial charge in [0.15, 0.2) is 0 Å². The second kappa shape index (κ2) is 8.27. The van der Waals surface area contributed by atoms with Crippen LogP contribution in [-0.2, 0) is 9.53 Å². The number of aromatic nitrogens is 2. The van der Waals surface area contributed by atoms with Gasteiger partial charge in [-0.25, -0.2) is 9.97 Å². The molecule has 6 nitrogen and oxygen atoms in total. The van der Waals surface area contributed by atoms with Gasteiger partial charge in [-0.1, -0.05) is 6.42 Å². The summed E-state index contributed by atoms with van der Waals surface area (Å²) in [7, 11) is 1.50. The number of aryl methyl sites for hydroxylation is 3. The average molecular weight is 397 g/mol. The molecule has 2 aliphatic heterocycles. The van der Waals surface area contributed by atoms with Gasteiger partial charge in [0.05, 0.1) is 18.3 Å². The molecule has 0 radical (unpaired) electrons. The first-order valence-corrected chi connectivity index (χ1v) is 10.8. The Kier molecular flexibility index (Phi) is 5.72. The molecule has 0 saturated carbocycles. The second-order valence-electron chi connectivity index (χ2n) is 8.55. The summed E-state index contributed by atoms with van der Waals surface area (Å²) < 4.78 is 5.06. The van der Waals surface area contributed by atoms with E-state index >= 15 is 0 Å². The van der Waals surface area contributed by atoms with Crippen molar-refractivity contribution in [1.82, 2.24) is 14.9 Å². The molecule has 1 aromatic carbocycles. The van der Waals surface area contributed by atoms with Gasteiger partial charge in [-0.05, 0) is 76.3 Å². The van der Waals surface area contributed by atoms with Crippen molar-refractivity contribution < 1.29 is 9.53 Å². The molecule has 0 aliphatic carbocycles. The molecule has 2 fully saturated rings. The standard InChI is InChI=1S/C23H32N4O2/c1-15-13-19-17(3)24-23(25-20(19)14-16(15)2)26-11-8-18(9-12-26)27-10-6-5-7-21(27)22(28)29-4/h13-14,18,21H,5-12H2,1-4H3. The Hall–Kier alpha value is -2.21. The van der Waals surface area contributed by atoms with Crippen molar-refractivity contribution in [2.75, 3.05) is 31.6 Å². The van der Waals surface area contributed by atoms with Crippen LogP contribution in [0.1, 0.15) is 48.9 Å². The number of nitrogens with zero attached hydrogens (tertiary/aromatic N) is 4. The van der Waals surface area contributed by atoms with Crippen molar-refractivity contribution >= 4 is 22.8 Å². The third kappa shape index (κ3) is 3.95. The Balaban J connectivity index is 1.49. The minimum atomic E-state index is -0.0775. The number of ether oxygens (including phenoxy) is 1. The van der Waals surface area contributed by atoms with E-state index in [2.05, 4.69) is 42.7 Å². The minimum Gasteiger partial charge on any atom is -0.468 e. The van der Waals surface area contributed by atoms with Crippen LogP contribution in [0.5, 0.6) is 0 Å². The fourth-order valence-electron chi connectivity index (χ4n) is 4.85. The largest absolute Gasteiger partial charge is 0.468 e. The Morgan fingerprint density at radius 2 is 1.72 bits per heavy atom. The van der Waals surface area contributed by atoms with Gasteiger partial charge in [-0.2, -0.15) is 0 Å². The summed E-state index contributed by atoms with van der Waals surface area (Å²) in [5.74, 6) is 0.756. The SMILES string of the molecule is COC(=O)C1CCCCN1C1CCN(c2nc(C)c3cc(C)c(C)cc3n2)CC1. The van der Waals surface area contributed by atoms with E-state index in [0.29, 0.717) is 6.04 Å². The number of rotatable bonds is 3. The van der Waals surface area contributed by atoms with E-state index in [4.69, 9.17) is 14.7 Å². The highest BCUT2D eigenvalue weighted by molar-refractivity contribution is 5.83. The van der Waals surface area contributed by atoms with Crippen LogP contribution in [-0.4, -0.2) is 59.7 Å². The Bertz CT molecular complexity index is 905. The summed E-state index contributed by atoms with van der Waals surface area (Å²) in [6, 6.07) is 4.72. The van der Waals surface area contributed by atoms with Crippen molar-refractivity contribution in [2.45, 2.75) is 65.0 Å². The van der Waals surface area contributed by atoms with Crippen molar-refractivity contribution in [3.05, 3.63) is 29.0 Å². The molecule has 0 bridgehead atoms. The summed E-state index contributed by atoms with van der Waals surface area (Å²) in [4.78, 5) is 26.6. The first-order chi connectivity index (χ1) is 14.0. The summed E-state index contributed by atoms with van der Waals surface area (Å²) in [6.45, 7) is 9.18. The number of methoxy groups -OCH3 is 1. The molecule has 0 amide bonds. The zero-order chi connectivity index (χ0) is 20.5. The number of likely N-dealkylation sites (tertiary alicyclic amines) is 1. The molecule has 1 aromatic heterocycles. The van der Waals surface area contributed by atoms with E-state index in [1.54, 1.807) is 0 Å². The number of piperidine rings is 2. The Labute approximate surface area is 173 Å². The molecule has 2 aromatic rings. The summed E-state index contributed by atoms with van der Waals surface area (Å²) in [6.07, 6.45) is 5.25. The number of carbonyl (C=O) groups excluding carboxylic acids is 1. The maximum Gasteiger partial charge on any atom is 0.323 e. The molecule has 4 rings (SSSR count). The monoisotopic (exact) mass is 396 g/mol. The van der Waals surface area contributed by atoms with Crippen LogP contribution in [0.2, 0.25) is 0 Å². The van der Waals surface area contributed by atoms with Crippen molar-refractivity contribution in [1.29, 1.82) is 0 Å². The van der Waals surface area contributed by atoms with Crippen LogP contribution in [0.25, 0.3) is 10.9 Å². The maximum absolute atomic E-state index is 12.2. The van der Waals surface area contributed by atoms with Gasteiger partial charge in [0.2, 0.25) is 5.95 Å². The fraction of sp³-hybridized carbons (Fsp3) is 0.609. The Morgan fingerprint density at radius 3 is 2.45 bits per heavy atom. The third-order valence-corrected chi connectivity index (χ3v) is 6.72. The predicted octanol–water partition coefficient (Wildman–Crippen LogP) is 3.55. The predicted molar refractivity (Wildman–Crippen MR) is 115 cm³/mol. The van der Waals surface area contributed by atoms with E-state index in [1.165, 1.54) is 24.7 Å². The summed E-state index contributed by atoms with van der Waals surface area (Å²) in [5.41, 5.74) is 4.61. The number of carbonyl (C=O) groups is 1. The van der Waals surface area contributed by atoms with Gasteiger partial charge in [0.1, 0.15) is 6.04 Å². The lowest BCUT2D eigenvalue weighted by atomic mass is 9.95.